The summed E-state index contributed by atoms with van der Waals surface area (Å²) in [6, 6.07) is -1.04. The van der Waals surface area contributed by atoms with Crippen molar-refractivity contribution < 1.29 is 19.5 Å². The highest BCUT2D eigenvalue weighted by Gasteiger charge is 2.20. The number of carbonyl (C=O) groups excluding carboxylic acids is 2. The van der Waals surface area contributed by atoms with Crippen molar-refractivity contribution in [3.05, 3.63) is 0 Å². The summed E-state index contributed by atoms with van der Waals surface area (Å²) in [7, 11) is 0. The van der Waals surface area contributed by atoms with E-state index in [9.17, 15) is 14.4 Å². The second kappa shape index (κ2) is 19.7. The first kappa shape index (κ1) is 27.4. The number of primary amides is 1. The standard InChI is InChI=1S/C23H44N2O4/c1-2-3-4-5-6-7-8-9-10-11-12-13-14-15-16-17-22(27)25-20(23(28)29)18-19-21(24)26/h20H,2-19H2,1H3,(H2,24,26)(H,25,27)(H,28,29)/t20-/m0/s1. The second-order valence-electron chi connectivity index (χ2n) is 8.16. The summed E-state index contributed by atoms with van der Waals surface area (Å²) in [4.78, 5) is 33.7. The van der Waals surface area contributed by atoms with Crippen LogP contribution in [-0.4, -0.2) is 28.9 Å². The van der Waals surface area contributed by atoms with E-state index in [0.29, 0.717) is 6.42 Å². The van der Waals surface area contributed by atoms with Gasteiger partial charge in [0.15, 0.2) is 0 Å². The maximum Gasteiger partial charge on any atom is 0.326 e. The molecule has 0 aromatic heterocycles. The number of aliphatic carboxylic acids is 1. The van der Waals surface area contributed by atoms with Gasteiger partial charge >= 0.3 is 5.97 Å². The fraction of sp³-hybridized carbons (Fsp3) is 0.870. The number of rotatable bonds is 21. The molecule has 29 heavy (non-hydrogen) atoms. The van der Waals surface area contributed by atoms with Crippen molar-refractivity contribution in [1.82, 2.24) is 5.32 Å². The lowest BCUT2D eigenvalue weighted by Crippen LogP contribution is -2.41. The van der Waals surface area contributed by atoms with E-state index in [4.69, 9.17) is 10.8 Å². The third-order valence-electron chi connectivity index (χ3n) is 5.32. The van der Waals surface area contributed by atoms with Gasteiger partial charge in [0.2, 0.25) is 11.8 Å². The Labute approximate surface area is 177 Å². The molecule has 0 bridgehead atoms. The number of carboxylic acids is 1. The van der Waals surface area contributed by atoms with Crippen molar-refractivity contribution in [2.24, 2.45) is 5.73 Å². The van der Waals surface area contributed by atoms with E-state index in [-0.39, 0.29) is 18.7 Å². The number of amides is 2. The molecule has 0 spiro atoms. The number of hydrogen-bond donors (Lipinski definition) is 3. The zero-order valence-corrected chi connectivity index (χ0v) is 18.6. The maximum atomic E-state index is 11.8. The van der Waals surface area contributed by atoms with Crippen LogP contribution in [0, 0.1) is 0 Å². The first-order valence-electron chi connectivity index (χ1n) is 11.8. The van der Waals surface area contributed by atoms with Gasteiger partial charge in [0.1, 0.15) is 6.04 Å². The zero-order valence-electron chi connectivity index (χ0n) is 18.6. The maximum absolute atomic E-state index is 11.8. The molecule has 0 saturated carbocycles. The van der Waals surface area contributed by atoms with Gasteiger partial charge in [0.25, 0.3) is 0 Å². The summed E-state index contributed by atoms with van der Waals surface area (Å²) in [6.07, 6.45) is 19.3. The monoisotopic (exact) mass is 412 g/mol. The van der Waals surface area contributed by atoms with Gasteiger partial charge in [-0.05, 0) is 12.8 Å². The van der Waals surface area contributed by atoms with Crippen LogP contribution < -0.4 is 11.1 Å². The SMILES string of the molecule is CCCCCCCCCCCCCCCCCC(=O)N[C@@H](CCC(N)=O)C(=O)O. The van der Waals surface area contributed by atoms with Gasteiger partial charge in [0.05, 0.1) is 0 Å². The highest BCUT2D eigenvalue weighted by atomic mass is 16.4. The van der Waals surface area contributed by atoms with E-state index in [0.717, 1.165) is 19.3 Å². The third kappa shape index (κ3) is 19.5. The molecular weight excluding hydrogens is 368 g/mol. The van der Waals surface area contributed by atoms with Gasteiger partial charge in [-0.15, -0.1) is 0 Å². The van der Waals surface area contributed by atoms with Crippen LogP contribution in [0.5, 0.6) is 0 Å². The van der Waals surface area contributed by atoms with E-state index >= 15 is 0 Å². The van der Waals surface area contributed by atoms with Crippen molar-refractivity contribution in [2.75, 3.05) is 0 Å². The number of nitrogens with one attached hydrogen (secondary N) is 1. The predicted molar refractivity (Wildman–Crippen MR) is 118 cm³/mol. The molecule has 0 radical (unpaired) electrons. The predicted octanol–water partition coefficient (Wildman–Crippen LogP) is 5.08. The summed E-state index contributed by atoms with van der Waals surface area (Å²) >= 11 is 0. The molecule has 170 valence electrons. The number of hydrogen-bond acceptors (Lipinski definition) is 3. The fourth-order valence-electron chi connectivity index (χ4n) is 3.47. The van der Waals surface area contributed by atoms with Gasteiger partial charge in [0, 0.05) is 12.8 Å². The smallest absolute Gasteiger partial charge is 0.326 e. The van der Waals surface area contributed by atoms with Crippen molar-refractivity contribution in [3.8, 4) is 0 Å². The molecule has 0 heterocycles. The number of unbranched alkanes of at least 4 members (excludes halogenated alkanes) is 14. The second-order valence-corrected chi connectivity index (χ2v) is 8.16. The average Bonchev–Trinajstić information content (AvgIpc) is 2.67. The Morgan fingerprint density at radius 1 is 0.724 bits per heavy atom. The first-order valence-corrected chi connectivity index (χ1v) is 11.8. The fourth-order valence-corrected chi connectivity index (χ4v) is 3.47. The van der Waals surface area contributed by atoms with Crippen LogP contribution >= 0.6 is 0 Å². The molecular formula is C23H44N2O4. The average molecular weight is 413 g/mol. The molecule has 0 unspecified atom stereocenters. The van der Waals surface area contributed by atoms with Crippen LogP contribution in [-0.2, 0) is 14.4 Å². The summed E-state index contributed by atoms with van der Waals surface area (Å²) in [5.41, 5.74) is 5.03. The summed E-state index contributed by atoms with van der Waals surface area (Å²) < 4.78 is 0. The van der Waals surface area contributed by atoms with Crippen LogP contribution in [0.3, 0.4) is 0 Å². The van der Waals surface area contributed by atoms with Crippen molar-refractivity contribution in [2.45, 2.75) is 129 Å². The minimum absolute atomic E-state index is 0.0370. The van der Waals surface area contributed by atoms with Crippen molar-refractivity contribution in [3.63, 3.8) is 0 Å². The van der Waals surface area contributed by atoms with Gasteiger partial charge in [-0.1, -0.05) is 96.8 Å². The van der Waals surface area contributed by atoms with E-state index in [1.165, 1.54) is 77.0 Å². The Kier molecular flexibility index (Phi) is 18.6. The normalized spacial score (nSPS) is 11.9. The van der Waals surface area contributed by atoms with Crippen molar-refractivity contribution in [1.29, 1.82) is 0 Å². The van der Waals surface area contributed by atoms with Gasteiger partial charge in [-0.3, -0.25) is 9.59 Å². The number of nitrogens with two attached hydrogens (primary N) is 1. The summed E-state index contributed by atoms with van der Waals surface area (Å²) in [5, 5.41) is 11.5. The van der Waals surface area contributed by atoms with Crippen LogP contribution in [0.1, 0.15) is 122 Å². The largest absolute Gasteiger partial charge is 0.480 e. The van der Waals surface area contributed by atoms with E-state index in [1.807, 2.05) is 0 Å². The van der Waals surface area contributed by atoms with Gasteiger partial charge < -0.3 is 16.2 Å². The van der Waals surface area contributed by atoms with Gasteiger partial charge in [-0.2, -0.15) is 0 Å². The lowest BCUT2D eigenvalue weighted by molar-refractivity contribution is -0.142. The van der Waals surface area contributed by atoms with Crippen LogP contribution in [0.25, 0.3) is 0 Å². The molecule has 0 fully saturated rings. The molecule has 1 atom stereocenters. The Hall–Kier alpha value is -1.59. The Morgan fingerprint density at radius 2 is 1.14 bits per heavy atom. The Morgan fingerprint density at radius 3 is 1.52 bits per heavy atom. The highest BCUT2D eigenvalue weighted by molar-refractivity contribution is 5.84. The zero-order chi connectivity index (χ0) is 21.7. The topological polar surface area (TPSA) is 109 Å². The lowest BCUT2D eigenvalue weighted by atomic mass is 10.0. The van der Waals surface area contributed by atoms with E-state index < -0.39 is 17.9 Å². The molecule has 6 heteroatoms. The minimum Gasteiger partial charge on any atom is -0.480 e. The van der Waals surface area contributed by atoms with E-state index in [2.05, 4.69) is 12.2 Å². The van der Waals surface area contributed by atoms with Crippen molar-refractivity contribution >= 4 is 17.8 Å². The number of carboxylic acid groups (broad SMARTS) is 1. The number of carbonyl (C=O) groups is 3. The third-order valence-corrected chi connectivity index (χ3v) is 5.32. The molecule has 0 aliphatic heterocycles. The van der Waals surface area contributed by atoms with Crippen LogP contribution in [0.15, 0.2) is 0 Å². The molecule has 4 N–H and O–H groups in total. The molecule has 0 aromatic carbocycles. The van der Waals surface area contributed by atoms with Gasteiger partial charge in [-0.25, -0.2) is 4.79 Å². The van der Waals surface area contributed by atoms with E-state index in [1.54, 1.807) is 0 Å². The molecule has 6 nitrogen and oxygen atoms in total. The quantitative estimate of drug-likeness (QED) is 0.228. The Balaban J connectivity index is 3.45. The molecule has 0 aromatic rings. The van der Waals surface area contributed by atoms with Crippen LogP contribution in [0.2, 0.25) is 0 Å². The molecule has 0 saturated heterocycles. The molecule has 0 rings (SSSR count). The molecule has 0 aliphatic rings. The summed E-state index contributed by atoms with van der Waals surface area (Å²) in [5.74, 6) is -1.96. The molecule has 0 aliphatic carbocycles. The van der Waals surface area contributed by atoms with Crippen LogP contribution in [0.4, 0.5) is 0 Å². The minimum atomic E-state index is -1.13. The lowest BCUT2D eigenvalue weighted by Gasteiger charge is -2.13. The Bertz CT molecular complexity index is 441. The summed E-state index contributed by atoms with van der Waals surface area (Å²) in [6.45, 7) is 2.25. The first-order chi connectivity index (χ1) is 14.0. The molecule has 2 amide bonds. The highest BCUT2D eigenvalue weighted by Crippen LogP contribution is 2.13.